The van der Waals surface area contributed by atoms with Crippen molar-refractivity contribution in [3.63, 3.8) is 0 Å². The SMILES string of the molecule is CC(SCc1cccc(OCCF)c1)C(N)C(=O)O. The average Bonchev–Trinajstić information content (AvgIpc) is 2.42. The molecule has 2 unspecified atom stereocenters. The lowest BCUT2D eigenvalue weighted by Gasteiger charge is -2.15. The van der Waals surface area contributed by atoms with E-state index in [0.29, 0.717) is 11.5 Å². The number of hydrogen-bond acceptors (Lipinski definition) is 4. The number of thioether (sulfide) groups is 1. The van der Waals surface area contributed by atoms with Crippen molar-refractivity contribution in [1.82, 2.24) is 0 Å². The van der Waals surface area contributed by atoms with Gasteiger partial charge in [-0.3, -0.25) is 4.79 Å². The van der Waals surface area contributed by atoms with Gasteiger partial charge in [-0.15, -0.1) is 0 Å². The van der Waals surface area contributed by atoms with Gasteiger partial charge in [-0.1, -0.05) is 19.1 Å². The van der Waals surface area contributed by atoms with E-state index >= 15 is 0 Å². The molecule has 4 nitrogen and oxygen atoms in total. The number of carbonyl (C=O) groups is 1. The van der Waals surface area contributed by atoms with Crippen LogP contribution in [0.25, 0.3) is 0 Å². The fraction of sp³-hybridized carbons (Fsp3) is 0.462. The van der Waals surface area contributed by atoms with Gasteiger partial charge in [0.25, 0.3) is 0 Å². The number of aliphatic carboxylic acids is 1. The summed E-state index contributed by atoms with van der Waals surface area (Å²) < 4.78 is 17.2. The number of hydrogen-bond donors (Lipinski definition) is 2. The van der Waals surface area contributed by atoms with Crippen molar-refractivity contribution in [1.29, 1.82) is 0 Å². The van der Waals surface area contributed by atoms with Crippen molar-refractivity contribution >= 4 is 17.7 Å². The lowest BCUT2D eigenvalue weighted by Crippen LogP contribution is -2.38. The molecule has 1 aromatic rings. The first kappa shape index (κ1) is 15.8. The summed E-state index contributed by atoms with van der Waals surface area (Å²) >= 11 is 1.46. The van der Waals surface area contributed by atoms with Crippen LogP contribution in [0, 0.1) is 0 Å². The van der Waals surface area contributed by atoms with Crippen LogP contribution >= 0.6 is 11.8 Å². The molecule has 0 fully saturated rings. The van der Waals surface area contributed by atoms with Gasteiger partial charge < -0.3 is 15.6 Å². The summed E-state index contributed by atoms with van der Waals surface area (Å²) in [7, 11) is 0. The maximum Gasteiger partial charge on any atom is 0.321 e. The number of halogens is 1. The predicted molar refractivity (Wildman–Crippen MR) is 74.3 cm³/mol. The predicted octanol–water partition coefficient (Wildman–Crippen LogP) is 2.07. The molecule has 0 aliphatic rings. The minimum absolute atomic E-state index is 0.0386. The fourth-order valence-electron chi connectivity index (χ4n) is 1.41. The van der Waals surface area contributed by atoms with E-state index in [4.69, 9.17) is 15.6 Å². The Morgan fingerprint density at radius 1 is 1.58 bits per heavy atom. The molecule has 0 amide bonds. The van der Waals surface area contributed by atoms with Crippen molar-refractivity contribution in [3.8, 4) is 5.75 Å². The third-order valence-corrected chi connectivity index (χ3v) is 3.87. The molecule has 0 radical (unpaired) electrons. The molecule has 0 aliphatic carbocycles. The molecule has 0 saturated carbocycles. The lowest BCUT2D eigenvalue weighted by atomic mass is 10.2. The molecule has 0 aromatic heterocycles. The molecule has 1 aromatic carbocycles. The summed E-state index contributed by atoms with van der Waals surface area (Å²) in [6, 6.07) is 6.44. The molecule has 6 heteroatoms. The van der Waals surface area contributed by atoms with Gasteiger partial charge in [0.2, 0.25) is 0 Å². The minimum Gasteiger partial charge on any atom is -0.491 e. The molecule has 0 spiro atoms. The maximum absolute atomic E-state index is 12.0. The standard InChI is InChI=1S/C13H18FNO3S/c1-9(12(15)13(16)17)19-8-10-3-2-4-11(7-10)18-6-5-14/h2-4,7,9,12H,5-6,8,15H2,1H3,(H,16,17). The highest BCUT2D eigenvalue weighted by Crippen LogP contribution is 2.22. The number of carboxylic acid groups (broad SMARTS) is 1. The smallest absolute Gasteiger partial charge is 0.321 e. The van der Waals surface area contributed by atoms with Gasteiger partial charge >= 0.3 is 5.97 Å². The number of nitrogens with two attached hydrogens (primary N) is 1. The first-order valence-electron chi connectivity index (χ1n) is 5.92. The van der Waals surface area contributed by atoms with Crippen LogP contribution in [0.5, 0.6) is 5.75 Å². The summed E-state index contributed by atoms with van der Waals surface area (Å²) in [5.41, 5.74) is 6.52. The van der Waals surface area contributed by atoms with Gasteiger partial charge in [0.1, 0.15) is 25.1 Å². The van der Waals surface area contributed by atoms with Gasteiger partial charge in [-0.25, -0.2) is 4.39 Å². The Kier molecular flexibility index (Phi) is 6.66. The molecule has 106 valence electrons. The van der Waals surface area contributed by atoms with Gasteiger partial charge in [0.15, 0.2) is 0 Å². The Bertz CT molecular complexity index is 417. The molecule has 0 heterocycles. The topological polar surface area (TPSA) is 72.5 Å². The van der Waals surface area contributed by atoms with Crippen LogP contribution in [0.15, 0.2) is 24.3 Å². The highest BCUT2D eigenvalue weighted by atomic mass is 32.2. The zero-order chi connectivity index (χ0) is 14.3. The fourth-order valence-corrected chi connectivity index (χ4v) is 2.37. The maximum atomic E-state index is 12.0. The Balaban J connectivity index is 2.50. The molecule has 0 aliphatic heterocycles. The van der Waals surface area contributed by atoms with Crippen LogP contribution < -0.4 is 10.5 Å². The second-order valence-corrected chi connectivity index (χ2v) is 5.43. The van der Waals surface area contributed by atoms with Crippen LogP contribution in [0.1, 0.15) is 12.5 Å². The quantitative estimate of drug-likeness (QED) is 0.766. The first-order valence-corrected chi connectivity index (χ1v) is 6.97. The van der Waals surface area contributed by atoms with Crippen LogP contribution in [-0.2, 0) is 10.5 Å². The van der Waals surface area contributed by atoms with Crippen molar-refractivity contribution in [2.45, 2.75) is 24.0 Å². The molecule has 1 rings (SSSR count). The Morgan fingerprint density at radius 3 is 2.95 bits per heavy atom. The Labute approximate surface area is 116 Å². The van der Waals surface area contributed by atoms with E-state index in [2.05, 4.69) is 0 Å². The highest BCUT2D eigenvalue weighted by molar-refractivity contribution is 7.99. The van der Waals surface area contributed by atoms with E-state index < -0.39 is 18.7 Å². The van der Waals surface area contributed by atoms with Gasteiger partial charge in [0, 0.05) is 11.0 Å². The largest absolute Gasteiger partial charge is 0.491 e. The Hall–Kier alpha value is -1.27. The summed E-state index contributed by atoms with van der Waals surface area (Å²) in [6.45, 7) is 1.30. The molecule has 0 bridgehead atoms. The number of ether oxygens (including phenoxy) is 1. The second-order valence-electron chi connectivity index (χ2n) is 4.06. The first-order chi connectivity index (χ1) is 9.04. The van der Waals surface area contributed by atoms with E-state index in [9.17, 15) is 9.18 Å². The van der Waals surface area contributed by atoms with Crippen LogP contribution in [0.2, 0.25) is 0 Å². The van der Waals surface area contributed by atoms with E-state index in [0.717, 1.165) is 5.56 Å². The number of benzene rings is 1. The van der Waals surface area contributed by atoms with E-state index in [-0.39, 0.29) is 11.9 Å². The Morgan fingerprint density at radius 2 is 2.32 bits per heavy atom. The van der Waals surface area contributed by atoms with Crippen LogP contribution in [0.3, 0.4) is 0 Å². The molecule has 0 saturated heterocycles. The van der Waals surface area contributed by atoms with Gasteiger partial charge in [0.05, 0.1) is 0 Å². The highest BCUT2D eigenvalue weighted by Gasteiger charge is 2.20. The summed E-state index contributed by atoms with van der Waals surface area (Å²) in [5.74, 6) is 0.251. The molecule has 19 heavy (non-hydrogen) atoms. The molecular formula is C13H18FNO3S. The van der Waals surface area contributed by atoms with Crippen molar-refractivity contribution in [3.05, 3.63) is 29.8 Å². The zero-order valence-electron chi connectivity index (χ0n) is 10.7. The number of rotatable bonds is 8. The number of carboxylic acids is 1. The monoisotopic (exact) mass is 287 g/mol. The summed E-state index contributed by atoms with van der Waals surface area (Å²) in [5, 5.41) is 8.61. The molecule has 2 atom stereocenters. The average molecular weight is 287 g/mol. The van der Waals surface area contributed by atoms with Crippen LogP contribution in [0.4, 0.5) is 4.39 Å². The third-order valence-electron chi connectivity index (χ3n) is 2.55. The third kappa shape index (κ3) is 5.48. The zero-order valence-corrected chi connectivity index (χ0v) is 11.5. The van der Waals surface area contributed by atoms with Crippen molar-refractivity contribution < 1.29 is 19.0 Å². The summed E-state index contributed by atoms with van der Waals surface area (Å²) in [6.07, 6.45) is 0. The minimum atomic E-state index is -1.000. The lowest BCUT2D eigenvalue weighted by molar-refractivity contribution is -0.138. The summed E-state index contributed by atoms with van der Waals surface area (Å²) in [4.78, 5) is 10.7. The van der Waals surface area contributed by atoms with Crippen molar-refractivity contribution in [2.24, 2.45) is 5.73 Å². The molecular weight excluding hydrogens is 269 g/mol. The molecule has 3 N–H and O–H groups in total. The van der Waals surface area contributed by atoms with Crippen LogP contribution in [-0.4, -0.2) is 35.6 Å². The van der Waals surface area contributed by atoms with E-state index in [1.54, 1.807) is 13.0 Å². The normalized spacial score (nSPS) is 13.8. The number of alkyl halides is 1. The second kappa shape index (κ2) is 8.01. The van der Waals surface area contributed by atoms with Crippen molar-refractivity contribution in [2.75, 3.05) is 13.3 Å². The van der Waals surface area contributed by atoms with Gasteiger partial charge in [-0.2, -0.15) is 11.8 Å². The van der Waals surface area contributed by atoms with Gasteiger partial charge in [-0.05, 0) is 17.7 Å². The van der Waals surface area contributed by atoms with E-state index in [1.165, 1.54) is 11.8 Å². The van der Waals surface area contributed by atoms with E-state index in [1.807, 2.05) is 18.2 Å².